The zero-order chi connectivity index (χ0) is 24.2. The van der Waals surface area contributed by atoms with E-state index in [1.807, 2.05) is 6.92 Å². The first-order valence-corrected chi connectivity index (χ1v) is 12.1. The van der Waals surface area contributed by atoms with Gasteiger partial charge in [0.25, 0.3) is 0 Å². The van der Waals surface area contributed by atoms with Crippen molar-refractivity contribution in [3.05, 3.63) is 25.3 Å². The number of fused-ring (bicyclic) bond motifs is 1. The van der Waals surface area contributed by atoms with Crippen LogP contribution < -0.4 is 0 Å². The second kappa shape index (κ2) is 10.4. The van der Waals surface area contributed by atoms with E-state index in [0.29, 0.717) is 38.8 Å². The summed E-state index contributed by atoms with van der Waals surface area (Å²) in [4.78, 5) is 44.0. The average molecular weight is 463 g/mol. The summed E-state index contributed by atoms with van der Waals surface area (Å²) < 4.78 is 12.0. The molecule has 3 heterocycles. The van der Waals surface area contributed by atoms with Crippen LogP contribution in [0.15, 0.2) is 25.3 Å². The first kappa shape index (κ1) is 25.4. The van der Waals surface area contributed by atoms with Crippen LogP contribution in [0.4, 0.5) is 0 Å². The third kappa shape index (κ3) is 4.35. The molecule has 8 heteroatoms. The predicted octanol–water partition coefficient (Wildman–Crippen LogP) is 2.07. The largest absolute Gasteiger partial charge is 0.465 e. The van der Waals surface area contributed by atoms with Crippen molar-refractivity contribution >= 4 is 17.8 Å². The summed E-state index contributed by atoms with van der Waals surface area (Å²) in [5.74, 6) is -2.42. The third-order valence-corrected chi connectivity index (χ3v) is 7.33. The Balaban J connectivity index is 1.98. The molecule has 3 fully saturated rings. The van der Waals surface area contributed by atoms with Crippen LogP contribution in [0.25, 0.3) is 0 Å². The lowest BCUT2D eigenvalue weighted by molar-refractivity contribution is -0.160. The molecular weight excluding hydrogens is 424 g/mol. The standard InChI is InChI=1S/C25H38N2O6/c1-5-8-14-26(13-7-3)22(30)20-25-12-11-24(4,33-25)19(23(31)32-17-9-6-2)18(25)21(29)27(20)15-10-16-28/h6-7,18-20,28H,2-3,5,8-17H2,1,4H3/t18-,19+,20?,24-,25?/m0/s1. The van der Waals surface area contributed by atoms with E-state index in [9.17, 15) is 19.5 Å². The van der Waals surface area contributed by atoms with E-state index in [1.54, 1.807) is 22.0 Å². The minimum atomic E-state index is -1.06. The number of carbonyl (C=O) groups is 3. The summed E-state index contributed by atoms with van der Waals surface area (Å²) in [6, 6.07) is -0.828. The van der Waals surface area contributed by atoms with Gasteiger partial charge in [-0.3, -0.25) is 14.4 Å². The Hall–Kier alpha value is -2.19. The van der Waals surface area contributed by atoms with Gasteiger partial charge in [-0.25, -0.2) is 0 Å². The Morgan fingerprint density at radius 2 is 2.06 bits per heavy atom. The quantitative estimate of drug-likeness (QED) is 0.256. The molecule has 1 N–H and O–H groups in total. The van der Waals surface area contributed by atoms with Crippen molar-refractivity contribution in [3.63, 3.8) is 0 Å². The molecule has 5 atom stereocenters. The Morgan fingerprint density at radius 1 is 1.30 bits per heavy atom. The molecule has 0 radical (unpaired) electrons. The molecule has 3 rings (SSSR count). The van der Waals surface area contributed by atoms with E-state index in [4.69, 9.17) is 9.47 Å². The van der Waals surface area contributed by atoms with Gasteiger partial charge in [0.1, 0.15) is 17.6 Å². The fraction of sp³-hybridized carbons (Fsp3) is 0.720. The van der Waals surface area contributed by atoms with Crippen molar-refractivity contribution < 1.29 is 29.0 Å². The smallest absolute Gasteiger partial charge is 0.312 e. The lowest BCUT2D eigenvalue weighted by atomic mass is 9.66. The van der Waals surface area contributed by atoms with Crippen LogP contribution in [0.5, 0.6) is 0 Å². The van der Waals surface area contributed by atoms with Gasteiger partial charge in [0.2, 0.25) is 11.8 Å². The summed E-state index contributed by atoms with van der Waals surface area (Å²) in [6.45, 7) is 12.6. The van der Waals surface area contributed by atoms with Crippen LogP contribution in [-0.2, 0) is 23.9 Å². The number of amides is 2. The molecule has 8 nitrogen and oxygen atoms in total. The van der Waals surface area contributed by atoms with Crippen LogP contribution in [-0.4, -0.2) is 82.8 Å². The number of likely N-dealkylation sites (tertiary alicyclic amines) is 1. The lowest BCUT2D eigenvalue weighted by Crippen LogP contribution is -2.56. The first-order chi connectivity index (χ1) is 15.8. The molecule has 0 aromatic heterocycles. The van der Waals surface area contributed by atoms with Crippen LogP contribution in [0.1, 0.15) is 52.4 Å². The molecule has 33 heavy (non-hydrogen) atoms. The number of carbonyl (C=O) groups excluding carboxylic acids is 3. The summed E-state index contributed by atoms with van der Waals surface area (Å²) in [5.41, 5.74) is -1.91. The molecule has 1 spiro atoms. The fourth-order valence-corrected chi connectivity index (χ4v) is 5.85. The number of rotatable bonds is 13. The highest BCUT2D eigenvalue weighted by molar-refractivity contribution is 5.98. The fourth-order valence-electron chi connectivity index (χ4n) is 5.85. The second-order valence-electron chi connectivity index (χ2n) is 9.51. The zero-order valence-electron chi connectivity index (χ0n) is 20.0. The van der Waals surface area contributed by atoms with Gasteiger partial charge < -0.3 is 24.4 Å². The number of hydrogen-bond acceptors (Lipinski definition) is 6. The first-order valence-electron chi connectivity index (χ1n) is 12.1. The summed E-state index contributed by atoms with van der Waals surface area (Å²) in [7, 11) is 0. The second-order valence-corrected chi connectivity index (χ2v) is 9.51. The number of esters is 1. The van der Waals surface area contributed by atoms with Gasteiger partial charge in [-0.2, -0.15) is 0 Å². The number of ether oxygens (including phenoxy) is 2. The molecule has 3 aliphatic heterocycles. The molecule has 3 aliphatic rings. The zero-order valence-corrected chi connectivity index (χ0v) is 20.0. The minimum absolute atomic E-state index is 0.0971. The molecule has 3 saturated heterocycles. The van der Waals surface area contributed by atoms with Crippen LogP contribution in [0, 0.1) is 11.8 Å². The van der Waals surface area contributed by atoms with E-state index in [0.717, 1.165) is 12.8 Å². The van der Waals surface area contributed by atoms with Crippen molar-refractivity contribution in [3.8, 4) is 0 Å². The maximum atomic E-state index is 13.9. The topological polar surface area (TPSA) is 96.4 Å². The Bertz CT molecular complexity index is 785. The van der Waals surface area contributed by atoms with E-state index < -0.39 is 35.0 Å². The number of nitrogens with zero attached hydrogens (tertiary/aromatic N) is 2. The number of aliphatic hydroxyl groups is 1. The van der Waals surface area contributed by atoms with Crippen LogP contribution in [0.3, 0.4) is 0 Å². The van der Waals surface area contributed by atoms with Crippen molar-refractivity contribution in [2.24, 2.45) is 11.8 Å². The summed E-state index contributed by atoms with van der Waals surface area (Å²) >= 11 is 0. The maximum absolute atomic E-state index is 13.9. The lowest BCUT2D eigenvalue weighted by Gasteiger charge is -2.36. The van der Waals surface area contributed by atoms with E-state index in [2.05, 4.69) is 20.1 Å². The van der Waals surface area contributed by atoms with E-state index in [-0.39, 0.29) is 31.6 Å². The highest BCUT2D eigenvalue weighted by Gasteiger charge is 2.78. The Kier molecular flexibility index (Phi) is 8.00. The SMILES string of the molecule is C=CCCOC(=O)[C@H]1[C@H]2C(=O)N(CCCO)C(C(=O)N(CC=C)CCCC)C23CC[C@]1(C)O3. The van der Waals surface area contributed by atoms with Gasteiger partial charge >= 0.3 is 5.97 Å². The summed E-state index contributed by atoms with van der Waals surface area (Å²) in [6.07, 6.45) is 7.10. The highest BCUT2D eigenvalue weighted by Crippen LogP contribution is 2.63. The monoisotopic (exact) mass is 462 g/mol. The van der Waals surface area contributed by atoms with Crippen molar-refractivity contribution in [1.29, 1.82) is 0 Å². The van der Waals surface area contributed by atoms with Crippen molar-refractivity contribution in [1.82, 2.24) is 9.80 Å². The Morgan fingerprint density at radius 3 is 2.70 bits per heavy atom. The third-order valence-electron chi connectivity index (χ3n) is 7.33. The molecule has 0 aromatic carbocycles. The van der Waals surface area contributed by atoms with Gasteiger partial charge in [-0.1, -0.05) is 25.5 Å². The van der Waals surface area contributed by atoms with Gasteiger partial charge in [0.05, 0.1) is 18.1 Å². The average Bonchev–Trinajstić information content (AvgIpc) is 3.35. The molecular formula is C25H38N2O6. The molecule has 184 valence electrons. The van der Waals surface area contributed by atoms with Gasteiger partial charge in [0, 0.05) is 26.2 Å². The van der Waals surface area contributed by atoms with Gasteiger partial charge in [-0.15, -0.1) is 13.2 Å². The van der Waals surface area contributed by atoms with Gasteiger partial charge in [-0.05, 0) is 39.0 Å². The van der Waals surface area contributed by atoms with Crippen LogP contribution in [0.2, 0.25) is 0 Å². The normalized spacial score (nSPS) is 32.0. The van der Waals surface area contributed by atoms with Crippen molar-refractivity contribution in [2.45, 2.75) is 69.6 Å². The maximum Gasteiger partial charge on any atom is 0.312 e. The number of unbranched alkanes of at least 4 members (excludes halogenated alkanes) is 1. The Labute approximate surface area is 196 Å². The molecule has 0 aliphatic carbocycles. The minimum Gasteiger partial charge on any atom is -0.465 e. The highest BCUT2D eigenvalue weighted by atomic mass is 16.6. The molecule has 0 aromatic rings. The van der Waals surface area contributed by atoms with Crippen molar-refractivity contribution in [2.75, 3.05) is 32.8 Å². The molecule has 2 bridgehead atoms. The molecule has 2 unspecified atom stereocenters. The summed E-state index contributed by atoms with van der Waals surface area (Å²) in [5, 5.41) is 9.42. The number of hydrogen-bond donors (Lipinski definition) is 1. The predicted molar refractivity (Wildman–Crippen MR) is 123 cm³/mol. The van der Waals surface area contributed by atoms with E-state index >= 15 is 0 Å². The van der Waals surface area contributed by atoms with E-state index in [1.165, 1.54) is 0 Å². The van der Waals surface area contributed by atoms with Crippen LogP contribution >= 0.6 is 0 Å². The number of aliphatic hydroxyl groups excluding tert-OH is 1. The molecule has 2 amide bonds. The van der Waals surface area contributed by atoms with Gasteiger partial charge in [0.15, 0.2) is 0 Å². The molecule has 0 saturated carbocycles.